The van der Waals surface area contributed by atoms with E-state index in [1.165, 1.54) is 18.5 Å². The molecule has 1 amide bonds. The second-order valence-electron chi connectivity index (χ2n) is 7.63. The number of carbonyl (C=O) groups is 1. The molecule has 27 heavy (non-hydrogen) atoms. The first-order valence-electron chi connectivity index (χ1n) is 10.2. The summed E-state index contributed by atoms with van der Waals surface area (Å²) >= 11 is 0. The Labute approximate surface area is 163 Å². The molecule has 3 rings (SSSR count). The molecule has 2 aliphatic heterocycles. The van der Waals surface area contributed by atoms with Crippen molar-refractivity contribution in [1.29, 1.82) is 0 Å². The van der Waals surface area contributed by atoms with Crippen molar-refractivity contribution in [3.63, 3.8) is 0 Å². The molecular weight excluding hydrogens is 340 g/mol. The third-order valence-corrected chi connectivity index (χ3v) is 6.00. The number of hydrogen-bond acceptors (Lipinski definition) is 5. The molecule has 2 saturated heterocycles. The van der Waals surface area contributed by atoms with Gasteiger partial charge in [0.25, 0.3) is 0 Å². The maximum absolute atomic E-state index is 12.2. The quantitative estimate of drug-likeness (QED) is 0.759. The number of piperidine rings is 1. The van der Waals surface area contributed by atoms with Crippen molar-refractivity contribution >= 4 is 11.6 Å². The lowest BCUT2D eigenvalue weighted by Gasteiger charge is -2.44. The average Bonchev–Trinajstić information content (AvgIpc) is 2.73. The van der Waals surface area contributed by atoms with E-state index in [2.05, 4.69) is 26.8 Å². The van der Waals surface area contributed by atoms with Gasteiger partial charge in [-0.05, 0) is 38.4 Å². The van der Waals surface area contributed by atoms with Gasteiger partial charge >= 0.3 is 0 Å². The monoisotopic (exact) mass is 374 g/mol. The van der Waals surface area contributed by atoms with Gasteiger partial charge < -0.3 is 14.5 Å². The van der Waals surface area contributed by atoms with Gasteiger partial charge in [0.2, 0.25) is 5.91 Å². The van der Waals surface area contributed by atoms with Crippen molar-refractivity contribution in [1.82, 2.24) is 14.7 Å². The summed E-state index contributed by atoms with van der Waals surface area (Å²) in [5, 5.41) is 0. The highest BCUT2D eigenvalue weighted by Gasteiger charge is 2.29. The molecule has 0 spiro atoms. The Kier molecular flexibility index (Phi) is 6.96. The van der Waals surface area contributed by atoms with Crippen LogP contribution in [0.3, 0.4) is 0 Å². The molecule has 0 saturated carbocycles. The highest BCUT2D eigenvalue weighted by Crippen LogP contribution is 2.29. The fraction of sp³-hybridized carbons (Fsp3) is 0.667. The lowest BCUT2D eigenvalue weighted by atomic mass is 10.0. The molecular formula is C21H34N4O2. The molecule has 0 N–H and O–H groups in total. The minimum Gasteiger partial charge on any atom is -0.495 e. The third-order valence-electron chi connectivity index (χ3n) is 6.00. The number of rotatable bonds is 6. The number of methoxy groups -OCH3 is 1. The van der Waals surface area contributed by atoms with E-state index < -0.39 is 0 Å². The number of amides is 1. The van der Waals surface area contributed by atoms with E-state index in [0.29, 0.717) is 12.6 Å². The minimum atomic E-state index is 0.235. The Morgan fingerprint density at radius 2 is 1.93 bits per heavy atom. The number of carbonyl (C=O) groups excluding carboxylic acids is 1. The number of likely N-dealkylation sites (tertiary alicyclic amines) is 1. The molecule has 0 radical (unpaired) electrons. The number of nitrogens with zero attached hydrogens (tertiary/aromatic N) is 4. The summed E-state index contributed by atoms with van der Waals surface area (Å²) < 4.78 is 5.52. The third kappa shape index (κ3) is 4.93. The highest BCUT2D eigenvalue weighted by molar-refractivity contribution is 5.77. The molecule has 1 aromatic carbocycles. The molecule has 0 aromatic heterocycles. The molecule has 1 atom stereocenters. The summed E-state index contributed by atoms with van der Waals surface area (Å²) in [6.45, 7) is 9.60. The van der Waals surface area contributed by atoms with Crippen LogP contribution in [0.25, 0.3) is 0 Å². The summed E-state index contributed by atoms with van der Waals surface area (Å²) in [6, 6.07) is 8.84. The van der Waals surface area contributed by atoms with Gasteiger partial charge in [-0.15, -0.1) is 0 Å². The van der Waals surface area contributed by atoms with Crippen LogP contribution < -0.4 is 9.64 Å². The zero-order valence-corrected chi connectivity index (χ0v) is 17.1. The number of piperazine rings is 1. The predicted molar refractivity (Wildman–Crippen MR) is 110 cm³/mol. The summed E-state index contributed by atoms with van der Waals surface area (Å²) in [7, 11) is 3.63. The number of likely N-dealkylation sites (N-methyl/N-ethyl adjacent to an activating group) is 1. The first kappa shape index (κ1) is 20.0. The van der Waals surface area contributed by atoms with Crippen LogP contribution in [0.1, 0.15) is 19.8 Å². The van der Waals surface area contributed by atoms with E-state index >= 15 is 0 Å². The minimum absolute atomic E-state index is 0.235. The number of anilines is 1. The largest absolute Gasteiger partial charge is 0.495 e. The van der Waals surface area contributed by atoms with Crippen LogP contribution >= 0.6 is 0 Å². The van der Waals surface area contributed by atoms with Crippen molar-refractivity contribution < 1.29 is 9.53 Å². The Balaban J connectivity index is 1.52. The molecule has 6 heteroatoms. The summed E-state index contributed by atoms with van der Waals surface area (Å²) in [5.41, 5.74) is 1.19. The standard InChI is InChI=1S/C21H34N4O2/c1-4-22(2)21(26)17-23-11-7-8-18(16-23)24-12-14-25(15-13-24)19-9-5-6-10-20(19)27-3/h5-6,9-10,18H,4,7-8,11-17H2,1-3H3/t18-/m1/s1. The van der Waals surface area contributed by atoms with Crippen LogP contribution in [-0.2, 0) is 4.79 Å². The molecule has 0 aliphatic carbocycles. The Hall–Kier alpha value is -1.79. The number of benzene rings is 1. The van der Waals surface area contributed by atoms with Gasteiger partial charge in [0.1, 0.15) is 5.75 Å². The second-order valence-corrected chi connectivity index (χ2v) is 7.63. The van der Waals surface area contributed by atoms with Crippen molar-refractivity contribution in [3.05, 3.63) is 24.3 Å². The zero-order chi connectivity index (χ0) is 19.2. The summed E-state index contributed by atoms with van der Waals surface area (Å²) in [5.74, 6) is 1.19. The van der Waals surface area contributed by atoms with E-state index in [1.54, 1.807) is 7.11 Å². The van der Waals surface area contributed by atoms with Crippen LogP contribution in [0.2, 0.25) is 0 Å². The maximum Gasteiger partial charge on any atom is 0.236 e. The van der Waals surface area contributed by atoms with Gasteiger partial charge in [-0.1, -0.05) is 12.1 Å². The van der Waals surface area contributed by atoms with Gasteiger partial charge in [0, 0.05) is 52.4 Å². The molecule has 0 bridgehead atoms. The smallest absolute Gasteiger partial charge is 0.236 e. The Bertz CT molecular complexity index is 616. The lowest BCUT2D eigenvalue weighted by Crippen LogP contribution is -2.56. The van der Waals surface area contributed by atoms with Crippen LogP contribution in [-0.4, -0.2) is 93.2 Å². The second kappa shape index (κ2) is 9.42. The van der Waals surface area contributed by atoms with Gasteiger partial charge in [-0.25, -0.2) is 0 Å². The van der Waals surface area contributed by atoms with E-state index in [0.717, 1.165) is 51.6 Å². The number of hydrogen-bond donors (Lipinski definition) is 0. The van der Waals surface area contributed by atoms with Crippen molar-refractivity contribution in [2.75, 3.05) is 71.4 Å². The first-order chi connectivity index (χ1) is 13.1. The molecule has 1 aromatic rings. The SMILES string of the molecule is CCN(C)C(=O)CN1CCC[C@@H](N2CCN(c3ccccc3OC)CC2)C1. The predicted octanol–water partition coefficient (Wildman–Crippen LogP) is 1.76. The van der Waals surface area contributed by atoms with Gasteiger partial charge in [0.15, 0.2) is 0 Å². The van der Waals surface area contributed by atoms with Crippen molar-refractivity contribution in [2.24, 2.45) is 0 Å². The summed E-state index contributed by atoms with van der Waals surface area (Å²) in [4.78, 5) is 21.4. The van der Waals surface area contributed by atoms with Crippen LogP contribution in [0.15, 0.2) is 24.3 Å². The van der Waals surface area contributed by atoms with Gasteiger partial charge in [-0.2, -0.15) is 0 Å². The van der Waals surface area contributed by atoms with Crippen molar-refractivity contribution in [2.45, 2.75) is 25.8 Å². The Morgan fingerprint density at radius 3 is 2.63 bits per heavy atom. The molecule has 2 fully saturated rings. The fourth-order valence-electron chi connectivity index (χ4n) is 4.18. The fourth-order valence-corrected chi connectivity index (χ4v) is 4.18. The lowest BCUT2D eigenvalue weighted by molar-refractivity contribution is -0.131. The molecule has 0 unspecified atom stereocenters. The molecule has 2 heterocycles. The summed E-state index contributed by atoms with van der Waals surface area (Å²) in [6.07, 6.45) is 2.42. The molecule has 6 nitrogen and oxygen atoms in total. The van der Waals surface area contributed by atoms with E-state index in [9.17, 15) is 4.79 Å². The van der Waals surface area contributed by atoms with Crippen LogP contribution in [0.4, 0.5) is 5.69 Å². The average molecular weight is 375 g/mol. The number of para-hydroxylation sites is 2. The topological polar surface area (TPSA) is 39.3 Å². The van der Waals surface area contributed by atoms with Gasteiger partial charge in [-0.3, -0.25) is 14.6 Å². The highest BCUT2D eigenvalue weighted by atomic mass is 16.5. The molecule has 150 valence electrons. The van der Waals surface area contributed by atoms with Gasteiger partial charge in [0.05, 0.1) is 19.3 Å². The van der Waals surface area contributed by atoms with Crippen LogP contribution in [0.5, 0.6) is 5.75 Å². The molecule has 2 aliphatic rings. The first-order valence-corrected chi connectivity index (χ1v) is 10.2. The van der Waals surface area contributed by atoms with Crippen LogP contribution in [0, 0.1) is 0 Å². The number of ether oxygens (including phenoxy) is 1. The van der Waals surface area contributed by atoms with E-state index in [4.69, 9.17) is 4.74 Å². The maximum atomic E-state index is 12.2. The normalized spacial score (nSPS) is 21.9. The van der Waals surface area contributed by atoms with E-state index in [-0.39, 0.29) is 5.91 Å². The Morgan fingerprint density at radius 1 is 1.19 bits per heavy atom. The van der Waals surface area contributed by atoms with E-state index in [1.807, 2.05) is 31.0 Å². The zero-order valence-electron chi connectivity index (χ0n) is 17.1. The van der Waals surface area contributed by atoms with Crippen molar-refractivity contribution in [3.8, 4) is 5.75 Å².